The number of benzene rings is 3. The summed E-state index contributed by atoms with van der Waals surface area (Å²) in [7, 11) is 3.20. The summed E-state index contributed by atoms with van der Waals surface area (Å²) in [6, 6.07) is 21.4. The van der Waals surface area contributed by atoms with E-state index >= 15 is 0 Å². The molecule has 0 aliphatic carbocycles. The van der Waals surface area contributed by atoms with Gasteiger partial charge < -0.3 is 9.47 Å². The molecule has 1 atom stereocenters. The Morgan fingerprint density at radius 1 is 0.941 bits per heavy atom. The SMILES string of the molecule is CC[C@H](C)c1ccc(N2C(=O)/C(=C/c3ccc(OC)c(OC)c3)C=C2c2ccc(Cl)cc2)cc1. The van der Waals surface area contributed by atoms with E-state index in [9.17, 15) is 4.79 Å². The molecule has 0 aromatic heterocycles. The lowest BCUT2D eigenvalue weighted by atomic mass is 9.98. The summed E-state index contributed by atoms with van der Waals surface area (Å²) in [5.41, 5.74) is 5.25. The number of nitrogens with zero attached hydrogens (tertiary/aromatic N) is 1. The van der Waals surface area contributed by atoms with E-state index in [1.165, 1.54) is 5.56 Å². The maximum atomic E-state index is 13.6. The molecule has 1 amide bonds. The Bertz CT molecular complexity index is 1240. The Morgan fingerprint density at radius 2 is 1.62 bits per heavy atom. The predicted octanol–water partition coefficient (Wildman–Crippen LogP) is 7.34. The van der Waals surface area contributed by atoms with Gasteiger partial charge in [-0.1, -0.05) is 55.8 Å². The number of methoxy groups -OCH3 is 2. The monoisotopic (exact) mass is 473 g/mol. The Kier molecular flexibility index (Phi) is 7.09. The molecule has 4 nitrogen and oxygen atoms in total. The highest BCUT2D eigenvalue weighted by atomic mass is 35.5. The Labute approximate surface area is 206 Å². The van der Waals surface area contributed by atoms with Crippen LogP contribution in [0.25, 0.3) is 11.8 Å². The first-order valence-electron chi connectivity index (χ1n) is 11.3. The fourth-order valence-electron chi connectivity index (χ4n) is 4.01. The van der Waals surface area contributed by atoms with E-state index in [4.69, 9.17) is 21.1 Å². The minimum Gasteiger partial charge on any atom is -0.493 e. The number of anilines is 1. The largest absolute Gasteiger partial charge is 0.493 e. The predicted molar refractivity (Wildman–Crippen MR) is 140 cm³/mol. The molecule has 174 valence electrons. The van der Waals surface area contributed by atoms with Gasteiger partial charge in [-0.15, -0.1) is 0 Å². The summed E-state index contributed by atoms with van der Waals surface area (Å²) < 4.78 is 10.8. The average molecular weight is 474 g/mol. The van der Waals surface area contributed by atoms with Gasteiger partial charge in [-0.25, -0.2) is 0 Å². The molecule has 0 radical (unpaired) electrons. The number of rotatable bonds is 7. The molecule has 0 unspecified atom stereocenters. The lowest BCUT2D eigenvalue weighted by Gasteiger charge is -2.22. The van der Waals surface area contributed by atoms with Gasteiger partial charge >= 0.3 is 0 Å². The molecule has 1 heterocycles. The number of carbonyl (C=O) groups excluding carboxylic acids is 1. The van der Waals surface area contributed by atoms with E-state index in [0.717, 1.165) is 28.9 Å². The highest BCUT2D eigenvalue weighted by Crippen LogP contribution is 2.37. The van der Waals surface area contributed by atoms with Crippen molar-refractivity contribution >= 4 is 35.0 Å². The van der Waals surface area contributed by atoms with Crippen molar-refractivity contribution in [1.82, 2.24) is 0 Å². The number of carbonyl (C=O) groups is 1. The van der Waals surface area contributed by atoms with Gasteiger partial charge in [-0.2, -0.15) is 0 Å². The van der Waals surface area contributed by atoms with Crippen LogP contribution < -0.4 is 14.4 Å². The first-order chi connectivity index (χ1) is 16.4. The van der Waals surface area contributed by atoms with Gasteiger partial charge in [0.05, 0.1) is 19.9 Å². The van der Waals surface area contributed by atoms with E-state index in [1.54, 1.807) is 19.1 Å². The average Bonchev–Trinajstić information content (AvgIpc) is 3.19. The van der Waals surface area contributed by atoms with Gasteiger partial charge in [-0.3, -0.25) is 9.69 Å². The minimum absolute atomic E-state index is 0.0870. The number of hydrogen-bond acceptors (Lipinski definition) is 3. The standard InChI is InChI=1S/C29H28ClNO3/c1-5-19(2)21-9-13-25(14-10-21)31-26(22-7-11-24(30)12-8-22)18-23(29(31)32)16-20-6-15-27(33-3)28(17-20)34-4/h6-19H,5H2,1-4H3/b23-16+/t19-/m0/s1. The number of halogens is 1. The van der Waals surface area contributed by atoms with Crippen molar-refractivity contribution in [2.45, 2.75) is 26.2 Å². The summed E-state index contributed by atoms with van der Waals surface area (Å²) >= 11 is 6.12. The van der Waals surface area contributed by atoms with Gasteiger partial charge in [0, 0.05) is 16.3 Å². The van der Waals surface area contributed by atoms with Crippen molar-refractivity contribution in [2.75, 3.05) is 19.1 Å². The van der Waals surface area contributed by atoms with Crippen LogP contribution in [0.5, 0.6) is 11.5 Å². The van der Waals surface area contributed by atoms with Crippen LogP contribution in [0.3, 0.4) is 0 Å². The van der Waals surface area contributed by atoms with Crippen molar-refractivity contribution in [3.63, 3.8) is 0 Å². The molecule has 0 spiro atoms. The minimum atomic E-state index is -0.0870. The molecule has 0 saturated heterocycles. The number of ether oxygens (including phenoxy) is 2. The lowest BCUT2D eigenvalue weighted by molar-refractivity contribution is -0.113. The van der Waals surface area contributed by atoms with Crippen molar-refractivity contribution in [3.05, 3.63) is 100 Å². The number of amides is 1. The molecule has 5 heteroatoms. The third kappa shape index (κ3) is 4.73. The molecule has 3 aromatic carbocycles. The van der Waals surface area contributed by atoms with Crippen LogP contribution in [-0.4, -0.2) is 20.1 Å². The maximum Gasteiger partial charge on any atom is 0.262 e. The van der Waals surface area contributed by atoms with Crippen LogP contribution >= 0.6 is 11.6 Å². The molecule has 4 rings (SSSR count). The van der Waals surface area contributed by atoms with Crippen LogP contribution in [0.2, 0.25) is 5.02 Å². The zero-order chi connectivity index (χ0) is 24.2. The summed E-state index contributed by atoms with van der Waals surface area (Å²) in [6.07, 6.45) is 4.86. The molecule has 1 aliphatic heterocycles. The second-order valence-corrected chi connectivity index (χ2v) is 8.73. The van der Waals surface area contributed by atoms with E-state index in [2.05, 4.69) is 26.0 Å². The fourth-order valence-corrected chi connectivity index (χ4v) is 4.14. The molecule has 0 saturated carbocycles. The molecule has 34 heavy (non-hydrogen) atoms. The summed E-state index contributed by atoms with van der Waals surface area (Å²) in [5.74, 6) is 1.63. The summed E-state index contributed by atoms with van der Waals surface area (Å²) in [4.78, 5) is 15.4. The molecule has 1 aliphatic rings. The second kappa shape index (κ2) is 10.2. The lowest BCUT2D eigenvalue weighted by Crippen LogP contribution is -2.25. The summed E-state index contributed by atoms with van der Waals surface area (Å²) in [5, 5.41) is 0.652. The molecule has 0 N–H and O–H groups in total. The normalized spacial score (nSPS) is 15.4. The van der Waals surface area contributed by atoms with Crippen LogP contribution in [-0.2, 0) is 4.79 Å². The van der Waals surface area contributed by atoms with Crippen molar-refractivity contribution in [2.24, 2.45) is 0 Å². The van der Waals surface area contributed by atoms with E-state index in [-0.39, 0.29) is 5.91 Å². The van der Waals surface area contributed by atoms with E-state index in [1.807, 2.05) is 66.7 Å². The highest BCUT2D eigenvalue weighted by molar-refractivity contribution is 6.30. The van der Waals surface area contributed by atoms with Crippen LogP contribution in [0.15, 0.2) is 78.4 Å². The maximum absolute atomic E-state index is 13.6. The fraction of sp³-hybridized carbons (Fsp3) is 0.207. The molecular formula is C29H28ClNO3. The smallest absolute Gasteiger partial charge is 0.262 e. The zero-order valence-corrected chi connectivity index (χ0v) is 20.6. The van der Waals surface area contributed by atoms with Gasteiger partial charge in [0.1, 0.15) is 0 Å². The van der Waals surface area contributed by atoms with Crippen LogP contribution in [0, 0.1) is 0 Å². The molecular weight excluding hydrogens is 446 g/mol. The Morgan fingerprint density at radius 3 is 2.24 bits per heavy atom. The third-order valence-corrected chi connectivity index (χ3v) is 6.44. The van der Waals surface area contributed by atoms with Crippen molar-refractivity contribution < 1.29 is 14.3 Å². The van der Waals surface area contributed by atoms with Gasteiger partial charge in [0.25, 0.3) is 5.91 Å². The van der Waals surface area contributed by atoms with E-state index < -0.39 is 0 Å². The van der Waals surface area contributed by atoms with Crippen molar-refractivity contribution in [3.8, 4) is 11.5 Å². The van der Waals surface area contributed by atoms with Gasteiger partial charge in [0.15, 0.2) is 11.5 Å². The van der Waals surface area contributed by atoms with Crippen LogP contribution in [0.1, 0.15) is 42.9 Å². The first-order valence-corrected chi connectivity index (χ1v) is 11.7. The van der Waals surface area contributed by atoms with Crippen LogP contribution in [0.4, 0.5) is 5.69 Å². The first kappa shape index (κ1) is 23.7. The number of hydrogen-bond donors (Lipinski definition) is 0. The van der Waals surface area contributed by atoms with Gasteiger partial charge in [0.2, 0.25) is 0 Å². The molecule has 0 bridgehead atoms. The Balaban J connectivity index is 1.77. The third-order valence-electron chi connectivity index (χ3n) is 6.19. The second-order valence-electron chi connectivity index (χ2n) is 8.29. The topological polar surface area (TPSA) is 38.8 Å². The summed E-state index contributed by atoms with van der Waals surface area (Å²) in [6.45, 7) is 4.38. The van der Waals surface area contributed by atoms with E-state index in [0.29, 0.717) is 28.0 Å². The Hall–Kier alpha value is -3.50. The molecule has 0 fully saturated rings. The quantitative estimate of drug-likeness (QED) is 0.337. The van der Waals surface area contributed by atoms with Gasteiger partial charge in [-0.05, 0) is 77.6 Å². The van der Waals surface area contributed by atoms with Crippen molar-refractivity contribution in [1.29, 1.82) is 0 Å². The zero-order valence-electron chi connectivity index (χ0n) is 19.8. The molecule has 3 aromatic rings. The highest BCUT2D eigenvalue weighted by Gasteiger charge is 2.30.